The van der Waals surface area contributed by atoms with Crippen LogP contribution < -0.4 is 20.6 Å². The molecule has 1 heterocycles. The van der Waals surface area contributed by atoms with Crippen LogP contribution in [0.4, 0.5) is 24.5 Å². The number of rotatable bonds is 3. The van der Waals surface area contributed by atoms with Gasteiger partial charge in [0.2, 0.25) is 5.91 Å². The maximum Gasteiger partial charge on any atom is 0.417 e. The Hall–Kier alpha value is -3.39. The van der Waals surface area contributed by atoms with Crippen LogP contribution >= 0.6 is 12.2 Å². The SMILES string of the molecule is [B]c1cc(N2C(=S)N(c3ccc(C#N)c(C(F)(F)F)c3)C(=O)C2(C)C)ccc1C(=O)NC. The third-order valence-corrected chi connectivity index (χ3v) is 5.49. The number of anilines is 2. The number of alkyl halides is 3. The highest BCUT2D eigenvalue weighted by molar-refractivity contribution is 7.81. The smallest absolute Gasteiger partial charge is 0.355 e. The second kappa shape index (κ2) is 7.95. The summed E-state index contributed by atoms with van der Waals surface area (Å²) in [5.74, 6) is -0.957. The topological polar surface area (TPSA) is 76.4 Å². The van der Waals surface area contributed by atoms with Crippen molar-refractivity contribution in [2.75, 3.05) is 16.8 Å². The fraction of sp³-hybridized carbons (Fsp3) is 0.238. The van der Waals surface area contributed by atoms with Crippen molar-refractivity contribution in [3.8, 4) is 6.07 Å². The molecule has 0 unspecified atom stereocenters. The molecule has 3 rings (SSSR count). The molecule has 162 valence electrons. The van der Waals surface area contributed by atoms with Gasteiger partial charge in [-0.05, 0) is 62.5 Å². The molecule has 0 aliphatic carbocycles. The minimum atomic E-state index is -4.79. The molecule has 32 heavy (non-hydrogen) atoms. The second-order valence-corrected chi connectivity index (χ2v) is 7.87. The van der Waals surface area contributed by atoms with Crippen LogP contribution in [-0.4, -0.2) is 37.4 Å². The molecule has 1 saturated heterocycles. The first-order valence-corrected chi connectivity index (χ1v) is 9.67. The van der Waals surface area contributed by atoms with E-state index in [1.165, 1.54) is 36.2 Å². The van der Waals surface area contributed by atoms with Crippen LogP contribution in [-0.2, 0) is 11.0 Å². The fourth-order valence-electron chi connectivity index (χ4n) is 3.49. The third kappa shape index (κ3) is 3.71. The summed E-state index contributed by atoms with van der Waals surface area (Å²) in [5.41, 5.74) is -2.34. The van der Waals surface area contributed by atoms with E-state index in [9.17, 15) is 22.8 Å². The van der Waals surface area contributed by atoms with E-state index in [2.05, 4.69) is 5.32 Å². The van der Waals surface area contributed by atoms with Crippen LogP contribution in [0.2, 0.25) is 0 Å². The largest absolute Gasteiger partial charge is 0.417 e. The maximum atomic E-state index is 13.4. The molecule has 6 nitrogen and oxygen atoms in total. The minimum absolute atomic E-state index is 0.0649. The average molecular weight is 456 g/mol. The molecule has 1 aliphatic heterocycles. The quantitative estimate of drug-likeness (QED) is 0.568. The van der Waals surface area contributed by atoms with E-state index >= 15 is 0 Å². The van der Waals surface area contributed by atoms with Crippen molar-refractivity contribution in [1.82, 2.24) is 5.32 Å². The zero-order valence-corrected chi connectivity index (χ0v) is 18.1. The molecule has 2 aromatic carbocycles. The van der Waals surface area contributed by atoms with E-state index < -0.39 is 34.7 Å². The Morgan fingerprint density at radius 2 is 1.81 bits per heavy atom. The van der Waals surface area contributed by atoms with Crippen molar-refractivity contribution in [3.63, 3.8) is 0 Å². The normalized spacial score (nSPS) is 15.7. The molecular formula is C21H16BF3N4O2S. The van der Waals surface area contributed by atoms with E-state index in [1.54, 1.807) is 19.9 Å². The molecule has 0 atom stereocenters. The minimum Gasteiger partial charge on any atom is -0.355 e. The van der Waals surface area contributed by atoms with Crippen LogP contribution in [0.1, 0.15) is 35.3 Å². The molecule has 2 amide bonds. The molecule has 1 N–H and O–H groups in total. The van der Waals surface area contributed by atoms with Gasteiger partial charge in [-0.1, -0.05) is 5.46 Å². The highest BCUT2D eigenvalue weighted by Crippen LogP contribution is 2.39. The Labute approximate surface area is 189 Å². The predicted molar refractivity (Wildman–Crippen MR) is 118 cm³/mol. The van der Waals surface area contributed by atoms with Crippen molar-refractivity contribution in [3.05, 3.63) is 53.1 Å². The van der Waals surface area contributed by atoms with Gasteiger partial charge in [-0.2, -0.15) is 18.4 Å². The van der Waals surface area contributed by atoms with Crippen molar-refractivity contribution in [2.45, 2.75) is 25.6 Å². The summed E-state index contributed by atoms with van der Waals surface area (Å²) in [6.45, 7) is 3.14. The number of carbonyl (C=O) groups is 2. The van der Waals surface area contributed by atoms with Crippen molar-refractivity contribution >= 4 is 53.8 Å². The highest BCUT2D eigenvalue weighted by atomic mass is 32.1. The van der Waals surface area contributed by atoms with Gasteiger partial charge in [0.25, 0.3) is 5.91 Å². The lowest BCUT2D eigenvalue weighted by Crippen LogP contribution is -2.44. The van der Waals surface area contributed by atoms with Crippen LogP contribution in [0.15, 0.2) is 36.4 Å². The Bertz CT molecular complexity index is 1190. The number of hydrogen-bond donors (Lipinski definition) is 1. The number of nitrogens with zero attached hydrogens (tertiary/aromatic N) is 3. The highest BCUT2D eigenvalue weighted by Gasteiger charge is 2.50. The number of carbonyl (C=O) groups excluding carboxylic acids is 2. The first kappa shape index (κ1) is 23.3. The summed E-state index contributed by atoms with van der Waals surface area (Å²) in [6, 6.07) is 8.96. The summed E-state index contributed by atoms with van der Waals surface area (Å²) in [7, 11) is 7.45. The molecule has 0 bridgehead atoms. The molecule has 0 saturated carbocycles. The molecule has 11 heteroatoms. The van der Waals surface area contributed by atoms with Crippen molar-refractivity contribution in [2.24, 2.45) is 0 Å². The van der Waals surface area contributed by atoms with Gasteiger partial charge in [-0.3, -0.25) is 14.5 Å². The van der Waals surface area contributed by atoms with E-state index in [0.717, 1.165) is 17.0 Å². The molecule has 2 aromatic rings. The van der Waals surface area contributed by atoms with Crippen LogP contribution in [0.25, 0.3) is 0 Å². The van der Waals surface area contributed by atoms with Crippen LogP contribution in [0, 0.1) is 11.3 Å². The zero-order valence-electron chi connectivity index (χ0n) is 17.2. The Morgan fingerprint density at radius 3 is 2.34 bits per heavy atom. The van der Waals surface area contributed by atoms with E-state index in [-0.39, 0.29) is 21.8 Å². The van der Waals surface area contributed by atoms with Gasteiger partial charge >= 0.3 is 6.18 Å². The van der Waals surface area contributed by atoms with Crippen LogP contribution in [0.5, 0.6) is 0 Å². The molecule has 2 radical (unpaired) electrons. The monoisotopic (exact) mass is 456 g/mol. The summed E-state index contributed by atoms with van der Waals surface area (Å²) < 4.78 is 40.3. The molecule has 1 fully saturated rings. The van der Waals surface area contributed by atoms with Crippen molar-refractivity contribution in [1.29, 1.82) is 5.26 Å². The lowest BCUT2D eigenvalue weighted by atomic mass is 9.89. The van der Waals surface area contributed by atoms with Gasteiger partial charge < -0.3 is 10.2 Å². The standard InChI is InChI=1S/C21H16BF3N4O2S/c1-20(2)18(31)28(12-5-4-11(10-26)15(8-12)21(23,24)25)19(32)29(20)13-6-7-14(16(22)9-13)17(30)27-3/h4-9H,1-3H3,(H,27,30). The van der Waals surface area contributed by atoms with E-state index in [0.29, 0.717) is 5.69 Å². The van der Waals surface area contributed by atoms with Gasteiger partial charge in [0.15, 0.2) is 5.11 Å². The lowest BCUT2D eigenvalue weighted by Gasteiger charge is -2.30. The summed E-state index contributed by atoms with van der Waals surface area (Å²) in [5, 5.41) is 11.4. The summed E-state index contributed by atoms with van der Waals surface area (Å²) >= 11 is 5.47. The lowest BCUT2D eigenvalue weighted by molar-refractivity contribution is -0.137. The fourth-order valence-corrected chi connectivity index (χ4v) is 4.01. The zero-order chi connectivity index (χ0) is 24.0. The number of nitriles is 1. The number of thiocarbonyl (C=S) groups is 1. The number of benzene rings is 2. The van der Waals surface area contributed by atoms with Gasteiger partial charge in [-0.15, -0.1) is 0 Å². The summed E-state index contributed by atoms with van der Waals surface area (Å²) in [4.78, 5) is 27.6. The Balaban J connectivity index is 2.10. The number of hydrogen-bond acceptors (Lipinski definition) is 4. The molecule has 0 spiro atoms. The third-order valence-electron chi connectivity index (χ3n) is 5.12. The number of amides is 2. The molecule has 0 aromatic heterocycles. The predicted octanol–water partition coefficient (Wildman–Crippen LogP) is 2.65. The molecular weight excluding hydrogens is 440 g/mol. The average Bonchev–Trinajstić information content (AvgIpc) is 2.90. The first-order chi connectivity index (χ1) is 14.8. The van der Waals surface area contributed by atoms with Gasteiger partial charge in [0.05, 0.1) is 22.9 Å². The number of nitrogens with one attached hydrogen (secondary N) is 1. The summed E-state index contributed by atoms with van der Waals surface area (Å²) in [6.07, 6.45) is -4.79. The molecule has 1 aliphatic rings. The van der Waals surface area contributed by atoms with Crippen LogP contribution in [0.3, 0.4) is 0 Å². The Kier molecular flexibility index (Phi) is 5.78. The van der Waals surface area contributed by atoms with Gasteiger partial charge in [-0.25, -0.2) is 0 Å². The van der Waals surface area contributed by atoms with Gasteiger partial charge in [0, 0.05) is 18.3 Å². The Morgan fingerprint density at radius 1 is 1.19 bits per heavy atom. The maximum absolute atomic E-state index is 13.4. The van der Waals surface area contributed by atoms with Gasteiger partial charge in [0.1, 0.15) is 13.4 Å². The van der Waals surface area contributed by atoms with E-state index in [4.69, 9.17) is 25.3 Å². The van der Waals surface area contributed by atoms with E-state index in [1.807, 2.05) is 0 Å². The second-order valence-electron chi connectivity index (χ2n) is 7.51. The number of halogens is 3. The first-order valence-electron chi connectivity index (χ1n) is 9.26. The van der Waals surface area contributed by atoms with Crippen molar-refractivity contribution < 1.29 is 22.8 Å².